The van der Waals surface area contributed by atoms with E-state index < -0.39 is 0 Å². The van der Waals surface area contributed by atoms with Crippen LogP contribution in [0.15, 0.2) is 17.6 Å². The van der Waals surface area contributed by atoms with Gasteiger partial charge in [-0.3, -0.25) is 0 Å². The Hall–Kier alpha value is -0.480. The fourth-order valence-corrected chi connectivity index (χ4v) is 2.72. The number of nitrogens with zero attached hydrogens (tertiary/aromatic N) is 2. The van der Waals surface area contributed by atoms with Gasteiger partial charge in [-0.05, 0) is 19.9 Å². The molecule has 0 saturated carbocycles. The summed E-state index contributed by atoms with van der Waals surface area (Å²) < 4.78 is 2.07. The van der Waals surface area contributed by atoms with E-state index in [-0.39, 0.29) is 0 Å². The van der Waals surface area contributed by atoms with Crippen LogP contribution in [0.4, 0.5) is 0 Å². The highest BCUT2D eigenvalue weighted by Gasteiger charge is 2.11. The van der Waals surface area contributed by atoms with Gasteiger partial charge in [0.25, 0.3) is 0 Å². The normalized spacial score (nSPS) is 15.2. The van der Waals surface area contributed by atoms with Crippen LogP contribution in [-0.4, -0.2) is 27.4 Å². The molecular formula is C11H21N3S. The molecule has 0 radical (unpaired) electrons. The third-order valence-electron chi connectivity index (χ3n) is 2.32. The molecule has 4 heteroatoms. The van der Waals surface area contributed by atoms with Crippen LogP contribution in [0.3, 0.4) is 0 Å². The number of hydrogen-bond acceptors (Lipinski definition) is 3. The zero-order valence-corrected chi connectivity index (χ0v) is 10.8. The molecule has 0 aliphatic carbocycles. The monoisotopic (exact) mass is 227 g/mol. The van der Waals surface area contributed by atoms with E-state index in [4.69, 9.17) is 0 Å². The van der Waals surface area contributed by atoms with E-state index in [1.807, 2.05) is 31.2 Å². The molecule has 1 aromatic rings. The maximum atomic E-state index is 4.31. The smallest absolute Gasteiger partial charge is 0.167 e. The first-order valence-corrected chi connectivity index (χ1v) is 6.38. The number of rotatable bonds is 6. The number of nitrogens with one attached hydrogen (secondary N) is 1. The van der Waals surface area contributed by atoms with Crippen molar-refractivity contribution in [1.29, 1.82) is 0 Å². The van der Waals surface area contributed by atoms with Gasteiger partial charge in [-0.25, -0.2) is 4.98 Å². The lowest BCUT2D eigenvalue weighted by molar-refractivity contribution is 0.529. The summed E-state index contributed by atoms with van der Waals surface area (Å²) in [5.41, 5.74) is 0. The van der Waals surface area contributed by atoms with Crippen molar-refractivity contribution in [2.24, 2.45) is 7.05 Å². The lowest BCUT2D eigenvalue weighted by atomic mass is 10.2. The van der Waals surface area contributed by atoms with Gasteiger partial charge in [-0.15, -0.1) is 0 Å². The number of hydrogen-bond donors (Lipinski definition) is 1. The van der Waals surface area contributed by atoms with Crippen molar-refractivity contribution in [2.45, 2.75) is 43.6 Å². The van der Waals surface area contributed by atoms with Gasteiger partial charge in [0.05, 0.1) is 0 Å². The Bertz CT molecular complexity index is 285. The summed E-state index contributed by atoms with van der Waals surface area (Å²) in [6.45, 7) is 7.68. The lowest BCUT2D eigenvalue weighted by Gasteiger charge is -2.17. The summed E-state index contributed by atoms with van der Waals surface area (Å²) in [5, 5.41) is 5.13. The third kappa shape index (κ3) is 4.26. The zero-order chi connectivity index (χ0) is 11.3. The van der Waals surface area contributed by atoms with Crippen LogP contribution >= 0.6 is 11.8 Å². The van der Waals surface area contributed by atoms with Crippen molar-refractivity contribution in [1.82, 2.24) is 14.9 Å². The lowest BCUT2D eigenvalue weighted by Crippen LogP contribution is -2.28. The largest absolute Gasteiger partial charge is 0.329 e. The SMILES string of the molecule is CCNC(C)CC(C)Sc1nccn1C. The highest BCUT2D eigenvalue weighted by molar-refractivity contribution is 7.99. The molecule has 0 aliphatic heterocycles. The molecule has 2 unspecified atom stereocenters. The second-order valence-electron chi connectivity index (χ2n) is 3.94. The number of aromatic nitrogens is 2. The standard InChI is InChI=1S/C11H21N3S/c1-5-12-9(2)8-10(3)15-11-13-6-7-14(11)4/h6-7,9-10,12H,5,8H2,1-4H3. The van der Waals surface area contributed by atoms with E-state index in [1.165, 1.54) is 6.42 Å². The molecule has 0 amide bonds. The molecule has 0 saturated heterocycles. The molecular weight excluding hydrogens is 206 g/mol. The summed E-state index contributed by atoms with van der Waals surface area (Å²) in [4.78, 5) is 4.31. The highest BCUT2D eigenvalue weighted by atomic mass is 32.2. The summed E-state index contributed by atoms with van der Waals surface area (Å²) in [7, 11) is 2.04. The van der Waals surface area contributed by atoms with Gasteiger partial charge in [-0.1, -0.05) is 25.6 Å². The van der Waals surface area contributed by atoms with E-state index >= 15 is 0 Å². The van der Waals surface area contributed by atoms with Gasteiger partial charge in [0.1, 0.15) is 0 Å². The Morgan fingerprint density at radius 2 is 2.27 bits per heavy atom. The van der Waals surface area contributed by atoms with Crippen LogP contribution in [-0.2, 0) is 7.05 Å². The van der Waals surface area contributed by atoms with Gasteiger partial charge in [-0.2, -0.15) is 0 Å². The first-order chi connectivity index (χ1) is 7.13. The van der Waals surface area contributed by atoms with Crippen LogP contribution in [0.25, 0.3) is 0 Å². The molecule has 0 fully saturated rings. The summed E-state index contributed by atoms with van der Waals surface area (Å²) in [5.74, 6) is 0. The Balaban J connectivity index is 2.36. The van der Waals surface area contributed by atoms with Crippen molar-refractivity contribution in [3.63, 3.8) is 0 Å². The summed E-state index contributed by atoms with van der Waals surface area (Å²) in [6.07, 6.45) is 5.01. The van der Waals surface area contributed by atoms with Gasteiger partial charge in [0, 0.05) is 30.7 Å². The fourth-order valence-electron chi connectivity index (χ4n) is 1.62. The summed E-state index contributed by atoms with van der Waals surface area (Å²) >= 11 is 1.84. The molecule has 0 aromatic carbocycles. The predicted molar refractivity (Wildman–Crippen MR) is 66.3 cm³/mol. The molecule has 0 spiro atoms. The van der Waals surface area contributed by atoms with E-state index in [1.54, 1.807) is 0 Å². The maximum Gasteiger partial charge on any atom is 0.167 e. The minimum Gasteiger partial charge on any atom is -0.329 e. The van der Waals surface area contributed by atoms with E-state index in [9.17, 15) is 0 Å². The topological polar surface area (TPSA) is 29.9 Å². The van der Waals surface area contributed by atoms with Crippen molar-refractivity contribution in [3.05, 3.63) is 12.4 Å². The van der Waals surface area contributed by atoms with Gasteiger partial charge < -0.3 is 9.88 Å². The molecule has 2 atom stereocenters. The van der Waals surface area contributed by atoms with Gasteiger partial charge >= 0.3 is 0 Å². The second kappa shape index (κ2) is 6.18. The molecule has 1 N–H and O–H groups in total. The quantitative estimate of drug-likeness (QED) is 0.756. The highest BCUT2D eigenvalue weighted by Crippen LogP contribution is 2.23. The molecule has 0 bridgehead atoms. The van der Waals surface area contributed by atoms with Crippen molar-refractivity contribution in [2.75, 3.05) is 6.54 Å². The molecule has 0 aliphatic rings. The Morgan fingerprint density at radius 1 is 1.53 bits per heavy atom. The van der Waals surface area contributed by atoms with Crippen molar-refractivity contribution >= 4 is 11.8 Å². The maximum absolute atomic E-state index is 4.31. The number of thioether (sulfide) groups is 1. The molecule has 86 valence electrons. The third-order valence-corrected chi connectivity index (χ3v) is 3.52. The average molecular weight is 227 g/mol. The first-order valence-electron chi connectivity index (χ1n) is 5.50. The molecule has 1 rings (SSSR count). The van der Waals surface area contributed by atoms with E-state index in [2.05, 4.69) is 35.6 Å². The number of imidazole rings is 1. The van der Waals surface area contributed by atoms with Crippen LogP contribution in [0.2, 0.25) is 0 Å². The van der Waals surface area contributed by atoms with Gasteiger partial charge in [0.2, 0.25) is 0 Å². The van der Waals surface area contributed by atoms with E-state index in [0.29, 0.717) is 11.3 Å². The van der Waals surface area contributed by atoms with E-state index in [0.717, 1.165) is 11.7 Å². The predicted octanol–water partition coefficient (Wildman–Crippen LogP) is 2.29. The van der Waals surface area contributed by atoms with Crippen LogP contribution < -0.4 is 5.32 Å². The van der Waals surface area contributed by atoms with Crippen molar-refractivity contribution in [3.8, 4) is 0 Å². The minimum atomic E-state index is 0.581. The fraction of sp³-hybridized carbons (Fsp3) is 0.727. The Labute approximate surface area is 96.7 Å². The molecule has 15 heavy (non-hydrogen) atoms. The van der Waals surface area contributed by atoms with Crippen molar-refractivity contribution < 1.29 is 0 Å². The van der Waals surface area contributed by atoms with Crippen LogP contribution in [0.1, 0.15) is 27.2 Å². The molecule has 1 heterocycles. The molecule has 3 nitrogen and oxygen atoms in total. The zero-order valence-electron chi connectivity index (χ0n) is 10.0. The van der Waals surface area contributed by atoms with Crippen LogP contribution in [0.5, 0.6) is 0 Å². The van der Waals surface area contributed by atoms with Gasteiger partial charge in [0.15, 0.2) is 5.16 Å². The van der Waals surface area contributed by atoms with Crippen LogP contribution in [0, 0.1) is 0 Å². The second-order valence-corrected chi connectivity index (χ2v) is 5.35. The molecule has 1 aromatic heterocycles. The number of aryl methyl sites for hydroxylation is 1. The summed E-state index contributed by atoms with van der Waals surface area (Å²) in [6, 6.07) is 0.581. The minimum absolute atomic E-state index is 0.581. The Kier molecular flexibility index (Phi) is 5.19. The first kappa shape index (κ1) is 12.6. The Morgan fingerprint density at radius 3 is 2.80 bits per heavy atom. The average Bonchev–Trinajstić information content (AvgIpc) is 2.52.